The lowest BCUT2D eigenvalue weighted by Crippen LogP contribution is -2.34. The summed E-state index contributed by atoms with van der Waals surface area (Å²) >= 11 is 0. The Morgan fingerprint density at radius 2 is 2.38 bits per heavy atom. The molecule has 0 spiro atoms. The summed E-state index contributed by atoms with van der Waals surface area (Å²) in [6.45, 7) is 4.32. The molecule has 1 N–H and O–H groups in total. The fraction of sp³-hybridized carbons (Fsp3) is 0.778. The summed E-state index contributed by atoms with van der Waals surface area (Å²) in [5.74, 6) is -1.39. The van der Waals surface area contributed by atoms with Crippen molar-refractivity contribution in [3.8, 4) is 0 Å². The third-order valence-electron chi connectivity index (χ3n) is 2.63. The summed E-state index contributed by atoms with van der Waals surface area (Å²) in [7, 11) is 0. The molecule has 1 unspecified atom stereocenters. The van der Waals surface area contributed by atoms with Gasteiger partial charge in [-0.05, 0) is 13.3 Å². The Morgan fingerprint density at radius 3 is 2.77 bits per heavy atom. The Labute approximate surface area is 77.5 Å². The largest absolute Gasteiger partial charge is 0.481 e. The van der Waals surface area contributed by atoms with Gasteiger partial charge in [0.1, 0.15) is 0 Å². The molecule has 1 rings (SSSR count). The van der Waals surface area contributed by atoms with Crippen molar-refractivity contribution >= 4 is 11.9 Å². The van der Waals surface area contributed by atoms with Gasteiger partial charge in [-0.3, -0.25) is 9.59 Å². The molecule has 1 fully saturated rings. The second-order valence-corrected chi connectivity index (χ2v) is 3.54. The standard InChI is InChI=1S/C9H15NO3/c1-3-6(2)10-5-7(9(12)13)4-8(10)11/h6-7H,3-5H2,1-2H3,(H,12,13)/t6-,7?/m0/s1. The minimum absolute atomic E-state index is 0.0262. The summed E-state index contributed by atoms with van der Waals surface area (Å²) < 4.78 is 0. The molecule has 1 amide bonds. The summed E-state index contributed by atoms with van der Waals surface area (Å²) in [6.07, 6.45) is 1.04. The number of carboxylic acid groups (broad SMARTS) is 1. The minimum atomic E-state index is -0.862. The van der Waals surface area contributed by atoms with Crippen molar-refractivity contribution in [1.82, 2.24) is 4.90 Å². The van der Waals surface area contributed by atoms with Crippen molar-refractivity contribution in [2.24, 2.45) is 5.92 Å². The van der Waals surface area contributed by atoms with Gasteiger partial charge >= 0.3 is 5.97 Å². The quantitative estimate of drug-likeness (QED) is 0.704. The van der Waals surface area contributed by atoms with E-state index >= 15 is 0 Å². The molecule has 0 aromatic rings. The number of nitrogens with zero attached hydrogens (tertiary/aromatic N) is 1. The molecule has 4 nitrogen and oxygen atoms in total. The maximum Gasteiger partial charge on any atom is 0.308 e. The van der Waals surface area contributed by atoms with Crippen LogP contribution < -0.4 is 0 Å². The van der Waals surface area contributed by atoms with Crippen molar-refractivity contribution in [2.75, 3.05) is 6.54 Å². The number of amides is 1. The first-order chi connectivity index (χ1) is 6.06. The molecule has 0 bridgehead atoms. The van der Waals surface area contributed by atoms with Crippen molar-refractivity contribution in [3.63, 3.8) is 0 Å². The number of carboxylic acids is 1. The molecule has 1 saturated heterocycles. The maximum absolute atomic E-state index is 11.4. The number of likely N-dealkylation sites (tertiary alicyclic amines) is 1. The maximum atomic E-state index is 11.4. The summed E-state index contributed by atoms with van der Waals surface area (Å²) in [5.41, 5.74) is 0. The molecule has 0 saturated carbocycles. The number of rotatable bonds is 3. The molecule has 1 aliphatic heterocycles. The molecule has 2 atom stereocenters. The number of hydrogen-bond acceptors (Lipinski definition) is 2. The summed E-state index contributed by atoms with van der Waals surface area (Å²) in [4.78, 5) is 23.6. The molecule has 0 aromatic heterocycles. The van der Waals surface area contributed by atoms with Crippen LogP contribution in [0.5, 0.6) is 0 Å². The van der Waals surface area contributed by atoms with Crippen LogP contribution in [0.3, 0.4) is 0 Å². The average molecular weight is 185 g/mol. The average Bonchev–Trinajstić information content (AvgIpc) is 2.46. The zero-order valence-electron chi connectivity index (χ0n) is 7.99. The van der Waals surface area contributed by atoms with E-state index in [4.69, 9.17) is 5.11 Å². The van der Waals surface area contributed by atoms with E-state index in [0.717, 1.165) is 6.42 Å². The first-order valence-corrected chi connectivity index (χ1v) is 4.58. The Balaban J connectivity index is 2.61. The smallest absolute Gasteiger partial charge is 0.308 e. The van der Waals surface area contributed by atoms with Gasteiger partial charge in [0.05, 0.1) is 5.92 Å². The first-order valence-electron chi connectivity index (χ1n) is 4.58. The molecule has 1 aliphatic rings. The molecule has 0 aliphatic carbocycles. The lowest BCUT2D eigenvalue weighted by molar-refractivity contribution is -0.141. The lowest BCUT2D eigenvalue weighted by Gasteiger charge is -2.22. The van der Waals surface area contributed by atoms with Gasteiger partial charge in [-0.15, -0.1) is 0 Å². The van der Waals surface area contributed by atoms with Gasteiger partial charge in [0, 0.05) is 19.0 Å². The number of aliphatic carboxylic acids is 1. The van der Waals surface area contributed by atoms with E-state index in [2.05, 4.69) is 0 Å². The van der Waals surface area contributed by atoms with Gasteiger partial charge in [0.2, 0.25) is 5.91 Å². The lowest BCUT2D eigenvalue weighted by atomic mass is 10.1. The van der Waals surface area contributed by atoms with Gasteiger partial charge in [-0.1, -0.05) is 6.92 Å². The van der Waals surface area contributed by atoms with E-state index in [0.29, 0.717) is 6.54 Å². The highest BCUT2D eigenvalue weighted by Gasteiger charge is 2.35. The zero-order valence-corrected chi connectivity index (χ0v) is 7.99. The van der Waals surface area contributed by atoms with Crippen LogP contribution >= 0.6 is 0 Å². The second kappa shape index (κ2) is 3.77. The molecule has 0 radical (unpaired) electrons. The number of carbonyl (C=O) groups excluding carboxylic acids is 1. The van der Waals surface area contributed by atoms with Crippen LogP contribution in [-0.4, -0.2) is 34.5 Å². The van der Waals surface area contributed by atoms with Crippen molar-refractivity contribution in [1.29, 1.82) is 0 Å². The molecule has 4 heteroatoms. The van der Waals surface area contributed by atoms with E-state index in [1.165, 1.54) is 0 Å². The summed E-state index contributed by atoms with van der Waals surface area (Å²) in [5, 5.41) is 8.72. The highest BCUT2D eigenvalue weighted by Crippen LogP contribution is 2.21. The molecular weight excluding hydrogens is 170 g/mol. The predicted molar refractivity (Wildman–Crippen MR) is 47.2 cm³/mol. The highest BCUT2D eigenvalue weighted by molar-refractivity contribution is 5.86. The molecule has 74 valence electrons. The van der Waals surface area contributed by atoms with Crippen molar-refractivity contribution in [2.45, 2.75) is 32.7 Å². The van der Waals surface area contributed by atoms with Crippen LogP contribution in [0.1, 0.15) is 26.7 Å². The van der Waals surface area contributed by atoms with Crippen molar-refractivity contribution < 1.29 is 14.7 Å². The third kappa shape index (κ3) is 1.99. The Bertz CT molecular complexity index is 227. The predicted octanol–water partition coefficient (Wildman–Crippen LogP) is 0.718. The molecule has 1 heterocycles. The number of hydrogen-bond donors (Lipinski definition) is 1. The Morgan fingerprint density at radius 1 is 1.77 bits per heavy atom. The van der Waals surface area contributed by atoms with Crippen LogP contribution in [0.15, 0.2) is 0 Å². The molecule has 0 aromatic carbocycles. The van der Waals surface area contributed by atoms with Crippen LogP contribution in [0.4, 0.5) is 0 Å². The van der Waals surface area contributed by atoms with E-state index < -0.39 is 11.9 Å². The number of carbonyl (C=O) groups is 2. The monoisotopic (exact) mass is 185 g/mol. The van der Waals surface area contributed by atoms with Gasteiger partial charge < -0.3 is 10.0 Å². The van der Waals surface area contributed by atoms with Gasteiger partial charge in [0.25, 0.3) is 0 Å². The van der Waals surface area contributed by atoms with Crippen molar-refractivity contribution in [3.05, 3.63) is 0 Å². The topological polar surface area (TPSA) is 57.6 Å². The molecule has 13 heavy (non-hydrogen) atoms. The van der Waals surface area contributed by atoms with Crippen LogP contribution in [0.25, 0.3) is 0 Å². The third-order valence-corrected chi connectivity index (χ3v) is 2.63. The second-order valence-electron chi connectivity index (χ2n) is 3.54. The van der Waals surface area contributed by atoms with Crippen LogP contribution in [0, 0.1) is 5.92 Å². The fourth-order valence-corrected chi connectivity index (χ4v) is 1.54. The fourth-order valence-electron chi connectivity index (χ4n) is 1.54. The SMILES string of the molecule is CC[C@H](C)N1CC(C(=O)O)CC1=O. The first kappa shape index (κ1) is 10.0. The molecular formula is C9H15NO3. The van der Waals surface area contributed by atoms with E-state index in [1.807, 2.05) is 13.8 Å². The van der Waals surface area contributed by atoms with E-state index in [1.54, 1.807) is 4.90 Å². The zero-order chi connectivity index (χ0) is 10.0. The Hall–Kier alpha value is -1.06. The Kier molecular flexibility index (Phi) is 2.90. The normalized spacial score (nSPS) is 24.9. The van der Waals surface area contributed by atoms with E-state index in [9.17, 15) is 9.59 Å². The van der Waals surface area contributed by atoms with Gasteiger partial charge in [-0.2, -0.15) is 0 Å². The van der Waals surface area contributed by atoms with Crippen LogP contribution in [0.2, 0.25) is 0 Å². The minimum Gasteiger partial charge on any atom is -0.481 e. The van der Waals surface area contributed by atoms with Gasteiger partial charge in [-0.25, -0.2) is 0 Å². The van der Waals surface area contributed by atoms with E-state index in [-0.39, 0.29) is 18.4 Å². The van der Waals surface area contributed by atoms with Gasteiger partial charge in [0.15, 0.2) is 0 Å². The summed E-state index contributed by atoms with van der Waals surface area (Å²) in [6, 6.07) is 0.164. The van der Waals surface area contributed by atoms with Crippen LogP contribution in [-0.2, 0) is 9.59 Å². The highest BCUT2D eigenvalue weighted by atomic mass is 16.4.